The molecule has 366 valence electrons. The fraction of sp³-hybridized carbons (Fsp3) is 0.737. The maximum Gasteiger partial charge on any atom is 0.305 e. The van der Waals surface area contributed by atoms with Crippen molar-refractivity contribution in [2.24, 2.45) is 27.9 Å². The summed E-state index contributed by atoms with van der Waals surface area (Å²) in [6, 6.07) is -11.1. The summed E-state index contributed by atoms with van der Waals surface area (Å²) in [6.07, 6.45) is -8.34. The fourth-order valence-electron chi connectivity index (χ4n) is 7.65. The van der Waals surface area contributed by atoms with E-state index in [9.17, 15) is 63.6 Å². The zero-order chi connectivity index (χ0) is 48.9. The van der Waals surface area contributed by atoms with Gasteiger partial charge < -0.3 is 89.2 Å². The topological polar surface area (TPSA) is 436 Å². The summed E-state index contributed by atoms with van der Waals surface area (Å²) < 4.78 is 11.7. The molecular weight excluding hydrogens is 864 g/mol. The number of primary amides is 1. The van der Waals surface area contributed by atoms with E-state index in [0.29, 0.717) is 12.8 Å². The number of guanidine groups is 1. The average Bonchev–Trinajstić information content (AvgIpc) is 3.93. The van der Waals surface area contributed by atoms with Gasteiger partial charge in [0.25, 0.3) is 0 Å². The van der Waals surface area contributed by atoms with Crippen LogP contribution < -0.4 is 49.5 Å². The number of nitrogens with one attached hydrogen (secondary N) is 5. The number of aliphatic hydroxyl groups is 3. The summed E-state index contributed by atoms with van der Waals surface area (Å²) in [5.74, 6) is -8.67. The Labute approximate surface area is 374 Å². The molecular formula is C38H64N12O15. The molecule has 0 aromatic heterocycles. The number of likely N-dealkylation sites (tertiary alicyclic amines) is 2. The lowest BCUT2D eigenvalue weighted by molar-refractivity contribution is -0.281. The summed E-state index contributed by atoms with van der Waals surface area (Å²) in [6.45, 7) is 4.44. The first kappa shape index (κ1) is 53.6. The molecule has 0 bridgehead atoms. The number of carboxylic acid groups (broad SMARTS) is 1. The van der Waals surface area contributed by atoms with Gasteiger partial charge in [0.1, 0.15) is 60.6 Å². The summed E-state index contributed by atoms with van der Waals surface area (Å²) in [5, 5.41) is 53.2. The Morgan fingerprint density at radius 1 is 0.815 bits per heavy atom. The zero-order valence-electron chi connectivity index (χ0n) is 36.7. The molecule has 27 nitrogen and oxygen atoms in total. The molecule has 0 unspecified atom stereocenters. The number of nitrogens with two attached hydrogens (primary N) is 4. The molecule has 8 amide bonds. The van der Waals surface area contributed by atoms with Crippen molar-refractivity contribution < 1.29 is 73.1 Å². The molecule has 3 saturated heterocycles. The highest BCUT2D eigenvalue weighted by Gasteiger charge is 2.48. The summed E-state index contributed by atoms with van der Waals surface area (Å²) in [4.78, 5) is 125. The number of carbonyl (C=O) groups is 9. The Kier molecular flexibility index (Phi) is 20.2. The minimum atomic E-state index is -1.93. The van der Waals surface area contributed by atoms with Crippen molar-refractivity contribution in [3.05, 3.63) is 0 Å². The largest absolute Gasteiger partial charge is 0.481 e. The van der Waals surface area contributed by atoms with Crippen LogP contribution in [-0.4, -0.2) is 195 Å². The minimum Gasteiger partial charge on any atom is -0.481 e. The van der Waals surface area contributed by atoms with Crippen molar-refractivity contribution >= 4 is 59.2 Å². The molecule has 3 fully saturated rings. The zero-order valence-corrected chi connectivity index (χ0v) is 36.7. The predicted molar refractivity (Wildman–Crippen MR) is 224 cm³/mol. The van der Waals surface area contributed by atoms with E-state index in [0.717, 1.165) is 6.92 Å². The van der Waals surface area contributed by atoms with Gasteiger partial charge in [0, 0.05) is 26.6 Å². The van der Waals surface area contributed by atoms with Gasteiger partial charge in [-0.1, -0.05) is 0 Å². The third-order valence-corrected chi connectivity index (χ3v) is 11.1. The van der Waals surface area contributed by atoms with E-state index in [2.05, 4.69) is 31.6 Å². The van der Waals surface area contributed by atoms with Gasteiger partial charge >= 0.3 is 5.97 Å². The Morgan fingerprint density at radius 2 is 1.40 bits per heavy atom. The number of carboxylic acids is 1. The van der Waals surface area contributed by atoms with Gasteiger partial charge in [-0.25, -0.2) is 0 Å². The van der Waals surface area contributed by atoms with E-state index in [1.807, 2.05) is 0 Å². The van der Waals surface area contributed by atoms with Crippen molar-refractivity contribution in [3.8, 4) is 0 Å². The Morgan fingerprint density at radius 3 is 1.92 bits per heavy atom. The third kappa shape index (κ3) is 14.9. The van der Waals surface area contributed by atoms with Crippen LogP contribution in [0.15, 0.2) is 4.99 Å². The van der Waals surface area contributed by atoms with Gasteiger partial charge in [-0.3, -0.25) is 48.1 Å². The molecule has 0 saturated carbocycles. The number of aliphatic hydroxyl groups excluding tert-OH is 3. The second-order valence-electron chi connectivity index (χ2n) is 16.2. The van der Waals surface area contributed by atoms with Gasteiger partial charge in [0.15, 0.2) is 12.2 Å². The van der Waals surface area contributed by atoms with Crippen LogP contribution in [0.5, 0.6) is 0 Å². The molecule has 65 heavy (non-hydrogen) atoms. The first-order valence-corrected chi connectivity index (χ1v) is 21.2. The number of hydrogen-bond donors (Lipinski definition) is 13. The highest BCUT2D eigenvalue weighted by molar-refractivity contribution is 5.98. The van der Waals surface area contributed by atoms with Crippen LogP contribution in [0.4, 0.5) is 0 Å². The normalized spacial score (nSPS) is 25.7. The van der Waals surface area contributed by atoms with Gasteiger partial charge in [-0.05, 0) is 59.3 Å². The first-order chi connectivity index (χ1) is 30.5. The smallest absolute Gasteiger partial charge is 0.305 e. The number of aliphatic carboxylic acids is 1. The van der Waals surface area contributed by atoms with Crippen LogP contribution in [0.25, 0.3) is 0 Å². The van der Waals surface area contributed by atoms with Gasteiger partial charge in [0.05, 0.1) is 25.2 Å². The standard InChI is InChI=1S/C38H64N12O15/c1-16(39)35(62)49-12-6-10-23(49)33(60)47-21(14-25(53)54)31(58)48-26(18(3)64-37-27(45-19(4)52)29(56)28(55)24(15-51)65-37)34(61)46-20(8-5-11-43-38(41)42)36(63)50-13-7-9-22(50)32(59)44-17(2)30(40)57/h16-18,20-24,26-29,37,51,55-56H,5-15,39H2,1-4H3,(H2,40,57)(H,44,59)(H,45,52)(H,46,61)(H,47,60)(H,48,58)(H,53,54)(H4,41,42,43)/t16-,17-,18+,20-,21-,22-,23-,24+,26-,27+,28-,29+,37-/m0/s1. The van der Waals surface area contributed by atoms with E-state index < -0.39 is 145 Å². The molecule has 0 aliphatic carbocycles. The Bertz CT molecular complexity index is 1780. The number of aliphatic imine (C=N–C) groups is 1. The lowest BCUT2D eigenvalue weighted by Gasteiger charge is -2.43. The number of nitrogens with zero attached hydrogens (tertiary/aromatic N) is 3. The van der Waals surface area contributed by atoms with Crippen molar-refractivity contribution in [1.82, 2.24) is 36.4 Å². The van der Waals surface area contributed by atoms with Crippen LogP contribution in [0.1, 0.15) is 72.6 Å². The lowest BCUT2D eigenvalue weighted by Crippen LogP contribution is -2.66. The molecule has 0 spiro atoms. The van der Waals surface area contributed by atoms with Crippen LogP contribution in [0, 0.1) is 0 Å². The van der Waals surface area contributed by atoms with Crippen molar-refractivity contribution in [3.63, 3.8) is 0 Å². The molecule has 0 aromatic rings. The van der Waals surface area contributed by atoms with Crippen molar-refractivity contribution in [2.45, 2.75) is 152 Å². The van der Waals surface area contributed by atoms with Crippen LogP contribution in [0.2, 0.25) is 0 Å². The number of rotatable bonds is 22. The van der Waals surface area contributed by atoms with Gasteiger partial charge in [-0.15, -0.1) is 0 Å². The number of carbonyl (C=O) groups excluding carboxylic acids is 8. The number of ether oxygens (including phenoxy) is 2. The second-order valence-corrected chi connectivity index (χ2v) is 16.2. The summed E-state index contributed by atoms with van der Waals surface area (Å²) in [7, 11) is 0. The van der Waals surface area contributed by atoms with E-state index in [4.69, 9.17) is 32.4 Å². The van der Waals surface area contributed by atoms with E-state index in [1.54, 1.807) is 0 Å². The van der Waals surface area contributed by atoms with Crippen LogP contribution in [0.3, 0.4) is 0 Å². The van der Waals surface area contributed by atoms with Crippen molar-refractivity contribution in [2.75, 3.05) is 26.2 Å². The molecule has 3 aliphatic rings. The van der Waals surface area contributed by atoms with Crippen LogP contribution in [-0.2, 0) is 52.6 Å². The first-order valence-electron chi connectivity index (χ1n) is 21.2. The minimum absolute atomic E-state index is 0.0176. The van der Waals surface area contributed by atoms with Crippen molar-refractivity contribution in [1.29, 1.82) is 0 Å². The molecule has 3 heterocycles. The number of hydrogen-bond acceptors (Lipinski definition) is 16. The van der Waals surface area contributed by atoms with Gasteiger partial charge in [0.2, 0.25) is 47.3 Å². The monoisotopic (exact) mass is 928 g/mol. The summed E-state index contributed by atoms with van der Waals surface area (Å²) >= 11 is 0. The third-order valence-electron chi connectivity index (χ3n) is 11.1. The maximum atomic E-state index is 14.5. The lowest BCUT2D eigenvalue weighted by atomic mass is 9.96. The quantitative estimate of drug-likeness (QED) is 0.0272. The SMILES string of the molecule is CC(=O)N[C@H]1[C@@H](O[C@H](C)[C@H](NC(=O)[C@H](CC(=O)O)NC(=O)[C@@H]2CCCN2C(=O)[C@H](C)N)C(=O)N[C@@H](CCCN=C(N)N)C(=O)N2CCC[C@H]2C(=O)N[C@@H](C)C(N)=O)O[C@H](CO)[C@H](O)[C@@H]1O. The molecule has 17 N–H and O–H groups in total. The molecule has 0 aromatic carbocycles. The molecule has 3 aliphatic heterocycles. The molecule has 27 heteroatoms. The Hall–Kier alpha value is -5.74. The average molecular weight is 929 g/mol. The van der Waals surface area contributed by atoms with E-state index >= 15 is 0 Å². The molecule has 3 rings (SSSR count). The fourth-order valence-corrected chi connectivity index (χ4v) is 7.65. The van der Waals surface area contributed by atoms with Gasteiger partial charge in [-0.2, -0.15) is 0 Å². The molecule has 13 atom stereocenters. The van der Waals surface area contributed by atoms with Crippen LogP contribution >= 0.6 is 0 Å². The molecule has 0 radical (unpaired) electrons. The second kappa shape index (κ2) is 24.5. The Balaban J connectivity index is 2.04. The summed E-state index contributed by atoms with van der Waals surface area (Å²) in [5.41, 5.74) is 22.0. The predicted octanol–water partition coefficient (Wildman–Crippen LogP) is -7.36. The number of amides is 8. The maximum absolute atomic E-state index is 14.5. The van der Waals surface area contributed by atoms with E-state index in [1.165, 1.54) is 30.6 Å². The highest BCUT2D eigenvalue weighted by Crippen LogP contribution is 2.25. The van der Waals surface area contributed by atoms with E-state index in [-0.39, 0.29) is 51.3 Å². The highest BCUT2D eigenvalue weighted by atomic mass is 16.7.